The van der Waals surface area contributed by atoms with E-state index in [1.807, 2.05) is 18.7 Å². The van der Waals surface area contributed by atoms with Crippen molar-refractivity contribution in [2.45, 2.75) is 26.9 Å². The summed E-state index contributed by atoms with van der Waals surface area (Å²) in [6, 6.07) is 8.86. The Morgan fingerprint density at radius 2 is 1.78 bits per heavy atom. The Morgan fingerprint density at radius 1 is 1.11 bits per heavy atom. The van der Waals surface area contributed by atoms with Gasteiger partial charge in [0.2, 0.25) is 0 Å². The molecule has 148 valence electrons. The topological polar surface area (TPSA) is 52.6 Å². The van der Waals surface area contributed by atoms with Crippen molar-refractivity contribution in [1.82, 2.24) is 15.6 Å². The van der Waals surface area contributed by atoms with E-state index in [1.54, 1.807) is 18.4 Å². The predicted octanol–water partition coefficient (Wildman–Crippen LogP) is 3.80. The normalized spacial score (nSPS) is 14.6. The highest BCUT2D eigenvalue weighted by atomic mass is 127. The number of benzene rings is 1. The van der Waals surface area contributed by atoms with Crippen molar-refractivity contribution < 1.29 is 0 Å². The quantitative estimate of drug-likeness (QED) is 0.359. The van der Waals surface area contributed by atoms with E-state index in [4.69, 9.17) is 0 Å². The van der Waals surface area contributed by atoms with Crippen molar-refractivity contribution >= 4 is 58.7 Å². The lowest BCUT2D eigenvalue weighted by Crippen LogP contribution is -2.36. The Hall–Kier alpha value is -1.00. The number of hydrogen-bond acceptors (Lipinski definition) is 5. The molecule has 0 radical (unpaired) electrons. The van der Waals surface area contributed by atoms with Crippen LogP contribution in [0.2, 0.25) is 0 Å². The molecule has 2 aromatic rings. The van der Waals surface area contributed by atoms with Crippen LogP contribution >= 0.6 is 47.1 Å². The van der Waals surface area contributed by atoms with Gasteiger partial charge in [-0.05, 0) is 31.5 Å². The van der Waals surface area contributed by atoms with Gasteiger partial charge in [-0.2, -0.15) is 11.8 Å². The number of anilines is 1. The van der Waals surface area contributed by atoms with Crippen LogP contribution in [0.4, 0.5) is 5.69 Å². The van der Waals surface area contributed by atoms with Gasteiger partial charge in [-0.25, -0.2) is 4.98 Å². The molecule has 1 fully saturated rings. The fraction of sp³-hybridized carbons (Fsp3) is 0.474. The van der Waals surface area contributed by atoms with Crippen molar-refractivity contribution in [3.05, 3.63) is 45.4 Å². The monoisotopic (exact) mass is 517 g/mol. The van der Waals surface area contributed by atoms with Crippen LogP contribution in [0.25, 0.3) is 0 Å². The number of guanidine groups is 1. The maximum absolute atomic E-state index is 4.47. The number of nitrogens with zero attached hydrogens (tertiary/aromatic N) is 3. The summed E-state index contributed by atoms with van der Waals surface area (Å²) in [5, 5.41) is 7.87. The molecule has 0 amide bonds. The molecule has 0 unspecified atom stereocenters. The summed E-state index contributed by atoms with van der Waals surface area (Å²) in [6.07, 6.45) is 0. The smallest absolute Gasteiger partial charge is 0.191 e. The maximum atomic E-state index is 4.47. The van der Waals surface area contributed by atoms with Crippen molar-refractivity contribution in [3.63, 3.8) is 0 Å². The molecule has 2 heterocycles. The summed E-state index contributed by atoms with van der Waals surface area (Å²) in [4.78, 5) is 12.5. The second-order valence-electron chi connectivity index (χ2n) is 6.29. The Bertz CT molecular complexity index is 739. The fourth-order valence-electron chi connectivity index (χ4n) is 2.95. The second kappa shape index (κ2) is 11.1. The third-order valence-electron chi connectivity index (χ3n) is 4.41. The van der Waals surface area contributed by atoms with Crippen LogP contribution < -0.4 is 15.5 Å². The standard InChI is InChI=1S/C19H27N5S2.HI/c1-14-18(26-15(2)23-14)13-22-19(20-3)21-12-16-4-6-17(7-5-16)24-8-10-25-11-9-24;/h4-7H,8-13H2,1-3H3,(H2,20,21,22);1H. The van der Waals surface area contributed by atoms with Crippen LogP contribution in [0.1, 0.15) is 21.1 Å². The number of aromatic nitrogens is 1. The number of rotatable bonds is 5. The summed E-state index contributed by atoms with van der Waals surface area (Å²) in [6.45, 7) is 7.91. The highest BCUT2D eigenvalue weighted by Gasteiger charge is 2.11. The van der Waals surface area contributed by atoms with E-state index in [1.165, 1.54) is 27.6 Å². The number of aryl methyl sites for hydroxylation is 2. The van der Waals surface area contributed by atoms with Gasteiger partial charge in [0.25, 0.3) is 0 Å². The molecule has 3 rings (SSSR count). The number of halogens is 1. The molecular formula is C19H28IN5S2. The summed E-state index contributed by atoms with van der Waals surface area (Å²) in [5.41, 5.74) is 3.68. The lowest BCUT2D eigenvalue weighted by Gasteiger charge is -2.28. The van der Waals surface area contributed by atoms with Crippen LogP contribution in [0.3, 0.4) is 0 Å². The summed E-state index contributed by atoms with van der Waals surface area (Å²) in [5.74, 6) is 3.27. The molecule has 1 saturated heterocycles. The molecule has 8 heteroatoms. The number of aliphatic imine (C=N–C) groups is 1. The van der Waals surface area contributed by atoms with Crippen molar-refractivity contribution in [3.8, 4) is 0 Å². The number of thioether (sulfide) groups is 1. The summed E-state index contributed by atoms with van der Waals surface area (Å²) < 4.78 is 0. The van der Waals surface area contributed by atoms with E-state index < -0.39 is 0 Å². The first-order chi connectivity index (χ1) is 12.7. The van der Waals surface area contributed by atoms with Crippen LogP contribution in [0.15, 0.2) is 29.3 Å². The molecular weight excluding hydrogens is 489 g/mol. The van der Waals surface area contributed by atoms with Gasteiger partial charge in [0, 0.05) is 48.8 Å². The molecule has 1 aromatic heterocycles. The number of thiazole rings is 1. The second-order valence-corrected chi connectivity index (χ2v) is 8.80. The van der Waals surface area contributed by atoms with E-state index in [9.17, 15) is 0 Å². The molecule has 0 spiro atoms. The van der Waals surface area contributed by atoms with Gasteiger partial charge >= 0.3 is 0 Å². The lowest BCUT2D eigenvalue weighted by atomic mass is 10.2. The zero-order valence-electron chi connectivity index (χ0n) is 16.1. The molecule has 0 bridgehead atoms. The molecule has 27 heavy (non-hydrogen) atoms. The van der Waals surface area contributed by atoms with Gasteiger partial charge in [-0.1, -0.05) is 12.1 Å². The lowest BCUT2D eigenvalue weighted by molar-refractivity contribution is 0.810. The van der Waals surface area contributed by atoms with E-state index in [0.29, 0.717) is 0 Å². The van der Waals surface area contributed by atoms with Gasteiger partial charge in [0.05, 0.1) is 17.2 Å². The molecule has 0 atom stereocenters. The summed E-state index contributed by atoms with van der Waals surface area (Å²) in [7, 11) is 1.80. The first-order valence-corrected chi connectivity index (χ1v) is 10.9. The van der Waals surface area contributed by atoms with Gasteiger partial charge < -0.3 is 15.5 Å². The Morgan fingerprint density at radius 3 is 2.37 bits per heavy atom. The zero-order chi connectivity index (χ0) is 18.4. The Kier molecular flexibility index (Phi) is 9.17. The van der Waals surface area contributed by atoms with Crippen LogP contribution in [-0.4, -0.2) is 42.6 Å². The molecule has 2 N–H and O–H groups in total. The minimum absolute atomic E-state index is 0. The highest BCUT2D eigenvalue weighted by Crippen LogP contribution is 2.20. The molecule has 1 aliphatic heterocycles. The van der Waals surface area contributed by atoms with Crippen LogP contribution in [-0.2, 0) is 13.1 Å². The SMILES string of the molecule is CN=C(NCc1ccc(N2CCSCC2)cc1)NCc1sc(C)nc1C.I. The average molecular weight is 518 g/mol. The van der Waals surface area contributed by atoms with Gasteiger partial charge in [-0.3, -0.25) is 4.99 Å². The third kappa shape index (κ3) is 6.53. The fourth-order valence-corrected chi connectivity index (χ4v) is 4.73. The predicted molar refractivity (Wildman–Crippen MR) is 130 cm³/mol. The van der Waals surface area contributed by atoms with Crippen molar-refractivity contribution in [1.29, 1.82) is 0 Å². The minimum Gasteiger partial charge on any atom is -0.370 e. The molecule has 0 aliphatic carbocycles. The number of hydrogen-bond donors (Lipinski definition) is 2. The first-order valence-electron chi connectivity index (χ1n) is 8.95. The zero-order valence-corrected chi connectivity index (χ0v) is 20.1. The minimum atomic E-state index is 0. The largest absolute Gasteiger partial charge is 0.370 e. The van der Waals surface area contributed by atoms with Gasteiger partial charge in [-0.15, -0.1) is 35.3 Å². The van der Waals surface area contributed by atoms with E-state index >= 15 is 0 Å². The first kappa shape index (κ1) is 22.3. The number of nitrogens with one attached hydrogen (secondary N) is 2. The molecule has 1 aliphatic rings. The van der Waals surface area contributed by atoms with Gasteiger partial charge in [0.1, 0.15) is 0 Å². The Balaban J connectivity index is 0.00000261. The van der Waals surface area contributed by atoms with Crippen LogP contribution in [0.5, 0.6) is 0 Å². The van der Waals surface area contributed by atoms with Gasteiger partial charge in [0.15, 0.2) is 5.96 Å². The molecule has 5 nitrogen and oxygen atoms in total. The van der Waals surface area contributed by atoms with Crippen LogP contribution in [0, 0.1) is 13.8 Å². The molecule has 0 saturated carbocycles. The average Bonchev–Trinajstić information content (AvgIpc) is 3.00. The van der Waals surface area contributed by atoms with E-state index in [0.717, 1.165) is 42.8 Å². The Labute approximate surface area is 187 Å². The molecule has 1 aromatic carbocycles. The van der Waals surface area contributed by atoms with E-state index in [-0.39, 0.29) is 24.0 Å². The van der Waals surface area contributed by atoms with Crippen molar-refractivity contribution in [2.24, 2.45) is 4.99 Å². The third-order valence-corrected chi connectivity index (χ3v) is 6.43. The highest BCUT2D eigenvalue weighted by molar-refractivity contribution is 14.0. The van der Waals surface area contributed by atoms with E-state index in [2.05, 4.69) is 56.7 Å². The van der Waals surface area contributed by atoms with Crippen molar-refractivity contribution in [2.75, 3.05) is 36.5 Å². The maximum Gasteiger partial charge on any atom is 0.191 e. The summed E-state index contributed by atoms with van der Waals surface area (Å²) >= 11 is 3.77.